The van der Waals surface area contributed by atoms with Crippen LogP contribution in [0.5, 0.6) is 5.75 Å². The lowest BCUT2D eigenvalue weighted by Crippen LogP contribution is -2.39. The number of anilines is 2. The third-order valence-corrected chi connectivity index (χ3v) is 3.95. The van der Waals surface area contributed by atoms with Crippen molar-refractivity contribution in [3.63, 3.8) is 0 Å². The van der Waals surface area contributed by atoms with Crippen LogP contribution in [0.15, 0.2) is 18.2 Å². The van der Waals surface area contributed by atoms with Gasteiger partial charge in [-0.05, 0) is 18.6 Å². The van der Waals surface area contributed by atoms with Crippen molar-refractivity contribution in [2.45, 2.75) is 6.42 Å². The molecule has 20 heavy (non-hydrogen) atoms. The van der Waals surface area contributed by atoms with Gasteiger partial charge in [-0.3, -0.25) is 4.90 Å². The number of benzene rings is 1. The SMILES string of the molecule is Nc1ccc2c(c1)OCCN2CCCN1CCOCC1. The summed E-state index contributed by atoms with van der Waals surface area (Å²) in [6.45, 7) is 7.79. The fraction of sp³-hybridized carbons (Fsp3) is 0.600. The number of morpholine rings is 1. The van der Waals surface area contributed by atoms with Crippen LogP contribution in [0.4, 0.5) is 11.4 Å². The molecule has 0 amide bonds. The van der Waals surface area contributed by atoms with Gasteiger partial charge in [0.2, 0.25) is 0 Å². The van der Waals surface area contributed by atoms with Crippen molar-refractivity contribution in [1.82, 2.24) is 4.90 Å². The zero-order valence-corrected chi connectivity index (χ0v) is 11.9. The van der Waals surface area contributed by atoms with E-state index >= 15 is 0 Å². The molecule has 0 spiro atoms. The van der Waals surface area contributed by atoms with Gasteiger partial charge in [-0.1, -0.05) is 0 Å². The maximum absolute atomic E-state index is 5.81. The average Bonchev–Trinajstić information content (AvgIpc) is 2.48. The van der Waals surface area contributed by atoms with Crippen molar-refractivity contribution in [1.29, 1.82) is 0 Å². The van der Waals surface area contributed by atoms with Gasteiger partial charge in [0, 0.05) is 37.9 Å². The smallest absolute Gasteiger partial charge is 0.144 e. The summed E-state index contributed by atoms with van der Waals surface area (Å²) in [6, 6.07) is 5.94. The van der Waals surface area contributed by atoms with Crippen molar-refractivity contribution < 1.29 is 9.47 Å². The maximum atomic E-state index is 5.81. The standard InChI is InChI=1S/C15H23N3O2/c16-13-2-3-14-15(12-13)20-11-8-18(14)5-1-4-17-6-9-19-10-7-17/h2-3,12H,1,4-11,16H2. The van der Waals surface area contributed by atoms with Crippen LogP contribution in [0.1, 0.15) is 6.42 Å². The van der Waals surface area contributed by atoms with E-state index < -0.39 is 0 Å². The lowest BCUT2D eigenvalue weighted by atomic mass is 10.2. The molecule has 0 aliphatic carbocycles. The van der Waals surface area contributed by atoms with Gasteiger partial charge in [0.25, 0.3) is 0 Å². The van der Waals surface area contributed by atoms with Crippen molar-refractivity contribution >= 4 is 11.4 Å². The molecule has 0 atom stereocenters. The number of hydrogen-bond acceptors (Lipinski definition) is 5. The molecular weight excluding hydrogens is 254 g/mol. The molecule has 1 aromatic rings. The molecule has 1 aromatic carbocycles. The summed E-state index contributed by atoms with van der Waals surface area (Å²) in [5.74, 6) is 0.919. The molecule has 2 aliphatic heterocycles. The van der Waals surface area contributed by atoms with Gasteiger partial charge in [-0.25, -0.2) is 0 Å². The fourth-order valence-corrected chi connectivity index (χ4v) is 2.84. The van der Waals surface area contributed by atoms with E-state index in [1.807, 2.05) is 12.1 Å². The normalized spacial score (nSPS) is 19.5. The quantitative estimate of drug-likeness (QED) is 0.838. The molecule has 5 nitrogen and oxygen atoms in total. The molecule has 0 saturated carbocycles. The first-order chi connectivity index (χ1) is 9.83. The third-order valence-electron chi connectivity index (χ3n) is 3.95. The summed E-state index contributed by atoms with van der Waals surface area (Å²) in [7, 11) is 0. The Labute approximate surface area is 120 Å². The minimum atomic E-state index is 0.744. The lowest BCUT2D eigenvalue weighted by Gasteiger charge is -2.32. The molecule has 0 unspecified atom stereocenters. The summed E-state index contributed by atoms with van der Waals surface area (Å²) >= 11 is 0. The Kier molecular flexibility index (Phi) is 4.28. The van der Waals surface area contributed by atoms with E-state index in [1.54, 1.807) is 0 Å². The number of nitrogens with two attached hydrogens (primary N) is 1. The van der Waals surface area contributed by atoms with E-state index in [-0.39, 0.29) is 0 Å². The molecule has 2 N–H and O–H groups in total. The average molecular weight is 277 g/mol. The molecule has 0 aromatic heterocycles. The van der Waals surface area contributed by atoms with Gasteiger partial charge in [0.15, 0.2) is 0 Å². The molecule has 0 radical (unpaired) electrons. The van der Waals surface area contributed by atoms with E-state index in [1.165, 1.54) is 12.1 Å². The Morgan fingerprint density at radius 1 is 1.05 bits per heavy atom. The Morgan fingerprint density at radius 3 is 2.75 bits per heavy atom. The minimum Gasteiger partial charge on any atom is -0.489 e. The summed E-state index contributed by atoms with van der Waals surface area (Å²) in [5, 5.41) is 0. The van der Waals surface area contributed by atoms with E-state index in [2.05, 4.69) is 15.9 Å². The van der Waals surface area contributed by atoms with Crippen molar-refractivity contribution in [2.75, 3.05) is 63.2 Å². The molecular formula is C15H23N3O2. The van der Waals surface area contributed by atoms with Crippen LogP contribution in [0.2, 0.25) is 0 Å². The van der Waals surface area contributed by atoms with E-state index in [0.717, 1.165) is 64.0 Å². The highest BCUT2D eigenvalue weighted by molar-refractivity contribution is 5.65. The number of fused-ring (bicyclic) bond motifs is 1. The number of hydrogen-bond donors (Lipinski definition) is 1. The Morgan fingerprint density at radius 2 is 1.90 bits per heavy atom. The van der Waals surface area contributed by atoms with E-state index in [0.29, 0.717) is 0 Å². The summed E-state index contributed by atoms with van der Waals surface area (Å²) in [5.41, 5.74) is 7.74. The Bertz CT molecular complexity index is 447. The molecule has 2 aliphatic rings. The monoisotopic (exact) mass is 277 g/mol. The first-order valence-corrected chi connectivity index (χ1v) is 7.40. The van der Waals surface area contributed by atoms with Crippen LogP contribution in [0.3, 0.4) is 0 Å². The zero-order valence-electron chi connectivity index (χ0n) is 11.9. The molecule has 110 valence electrons. The second-order valence-electron chi connectivity index (χ2n) is 5.37. The highest BCUT2D eigenvalue weighted by atomic mass is 16.5. The van der Waals surface area contributed by atoms with Gasteiger partial charge < -0.3 is 20.1 Å². The van der Waals surface area contributed by atoms with Crippen LogP contribution in [0.25, 0.3) is 0 Å². The minimum absolute atomic E-state index is 0.744. The highest BCUT2D eigenvalue weighted by Gasteiger charge is 2.18. The second kappa shape index (κ2) is 6.33. The van der Waals surface area contributed by atoms with E-state index in [9.17, 15) is 0 Å². The van der Waals surface area contributed by atoms with Crippen molar-refractivity contribution in [3.8, 4) is 5.75 Å². The van der Waals surface area contributed by atoms with Crippen LogP contribution >= 0.6 is 0 Å². The van der Waals surface area contributed by atoms with Crippen LogP contribution < -0.4 is 15.4 Å². The first kappa shape index (κ1) is 13.5. The molecule has 3 rings (SSSR count). The number of nitrogen functional groups attached to an aromatic ring is 1. The Hall–Kier alpha value is -1.46. The number of rotatable bonds is 4. The summed E-state index contributed by atoms with van der Waals surface area (Å²) in [4.78, 5) is 4.88. The largest absolute Gasteiger partial charge is 0.489 e. The van der Waals surface area contributed by atoms with E-state index in [4.69, 9.17) is 15.2 Å². The van der Waals surface area contributed by atoms with Gasteiger partial charge in [-0.2, -0.15) is 0 Å². The van der Waals surface area contributed by atoms with Gasteiger partial charge in [-0.15, -0.1) is 0 Å². The Balaban J connectivity index is 1.53. The molecule has 2 heterocycles. The molecule has 5 heteroatoms. The fourth-order valence-electron chi connectivity index (χ4n) is 2.84. The predicted molar refractivity (Wildman–Crippen MR) is 80.4 cm³/mol. The predicted octanol–water partition coefficient (Wildman–Crippen LogP) is 1.19. The topological polar surface area (TPSA) is 51.0 Å². The lowest BCUT2D eigenvalue weighted by molar-refractivity contribution is 0.0376. The molecule has 1 fully saturated rings. The highest BCUT2D eigenvalue weighted by Crippen LogP contribution is 2.33. The van der Waals surface area contributed by atoms with Crippen LogP contribution in [-0.4, -0.2) is 57.4 Å². The number of nitrogens with zero attached hydrogens (tertiary/aromatic N) is 2. The van der Waals surface area contributed by atoms with Gasteiger partial charge in [0.05, 0.1) is 25.4 Å². The van der Waals surface area contributed by atoms with Crippen molar-refractivity contribution in [2.24, 2.45) is 0 Å². The van der Waals surface area contributed by atoms with Crippen molar-refractivity contribution in [3.05, 3.63) is 18.2 Å². The molecule has 0 bridgehead atoms. The third kappa shape index (κ3) is 3.16. The first-order valence-electron chi connectivity index (χ1n) is 7.40. The second-order valence-corrected chi connectivity index (χ2v) is 5.37. The summed E-state index contributed by atoms with van der Waals surface area (Å²) < 4.78 is 11.1. The van der Waals surface area contributed by atoms with Crippen LogP contribution in [-0.2, 0) is 4.74 Å². The van der Waals surface area contributed by atoms with Gasteiger partial charge >= 0.3 is 0 Å². The maximum Gasteiger partial charge on any atom is 0.144 e. The van der Waals surface area contributed by atoms with Gasteiger partial charge in [0.1, 0.15) is 12.4 Å². The van der Waals surface area contributed by atoms with Crippen LogP contribution in [0, 0.1) is 0 Å². The number of ether oxygens (including phenoxy) is 2. The molecule has 1 saturated heterocycles. The zero-order chi connectivity index (χ0) is 13.8. The summed E-state index contributed by atoms with van der Waals surface area (Å²) in [6.07, 6.45) is 1.17.